The quantitative estimate of drug-likeness (QED) is 0.253. The maximum Gasteiger partial charge on any atom is 0.111 e. The van der Waals surface area contributed by atoms with Crippen LogP contribution in [0.25, 0.3) is 0 Å². The molecule has 0 spiro atoms. The Hall–Kier alpha value is -0.460. The highest BCUT2D eigenvalue weighted by Crippen LogP contribution is 2.16. The van der Waals surface area contributed by atoms with Gasteiger partial charge in [0, 0.05) is 6.61 Å². The number of aliphatic hydroxyl groups excluding tert-OH is 3. The summed E-state index contributed by atoms with van der Waals surface area (Å²) in [6.45, 7) is 3.20. The van der Waals surface area contributed by atoms with Crippen molar-refractivity contribution >= 4 is 0 Å². The SMILES string of the molecule is CCCCCCC/C=C/CCCCCCCCOC[C@@H]1OC[C@@H](O)[C@H](O)[C@H]1O. The number of hydrogen-bond acceptors (Lipinski definition) is 5. The molecule has 1 heterocycles. The minimum atomic E-state index is -1.15. The minimum absolute atomic E-state index is 0.0421. The lowest BCUT2D eigenvalue weighted by Crippen LogP contribution is -2.54. The number of hydrogen-bond donors (Lipinski definition) is 3. The summed E-state index contributed by atoms with van der Waals surface area (Å²) in [7, 11) is 0. The second-order valence-electron chi connectivity index (χ2n) is 8.08. The highest BCUT2D eigenvalue weighted by atomic mass is 16.6. The summed E-state index contributed by atoms with van der Waals surface area (Å²) < 4.78 is 10.9. The van der Waals surface area contributed by atoms with Gasteiger partial charge in [0.2, 0.25) is 0 Å². The minimum Gasteiger partial charge on any atom is -0.388 e. The third-order valence-corrected chi connectivity index (χ3v) is 5.44. The number of allylic oxidation sites excluding steroid dienone is 2. The first-order chi connectivity index (χ1) is 13.7. The van der Waals surface area contributed by atoms with Crippen LogP contribution in [0.4, 0.5) is 0 Å². The third kappa shape index (κ3) is 12.2. The van der Waals surface area contributed by atoms with Crippen LogP contribution in [-0.2, 0) is 9.47 Å². The Kier molecular flexibility index (Phi) is 15.9. The van der Waals surface area contributed by atoms with Gasteiger partial charge >= 0.3 is 0 Å². The van der Waals surface area contributed by atoms with E-state index in [4.69, 9.17) is 9.47 Å². The van der Waals surface area contributed by atoms with E-state index in [1.165, 1.54) is 70.6 Å². The summed E-state index contributed by atoms with van der Waals surface area (Å²) in [6.07, 6.45) is 17.4. The standard InChI is InChI=1S/C23H44O5/c1-2-3-4-5-6-7-8-9-10-11-12-13-14-15-16-17-27-19-21-23(26)22(25)20(24)18-28-21/h8-9,20-26H,2-7,10-19H2,1H3/b9-8+/t20-,21+,22+,23+/m1/s1. The number of ether oxygens (including phenoxy) is 2. The molecule has 1 saturated heterocycles. The smallest absolute Gasteiger partial charge is 0.111 e. The molecule has 0 aromatic carbocycles. The first-order valence-corrected chi connectivity index (χ1v) is 11.5. The van der Waals surface area contributed by atoms with E-state index >= 15 is 0 Å². The lowest BCUT2D eigenvalue weighted by Gasteiger charge is -2.35. The van der Waals surface area contributed by atoms with Gasteiger partial charge < -0.3 is 24.8 Å². The Balaban J connectivity index is 1.81. The summed E-state index contributed by atoms with van der Waals surface area (Å²) in [4.78, 5) is 0. The molecule has 0 aliphatic carbocycles. The van der Waals surface area contributed by atoms with Gasteiger partial charge in [-0.3, -0.25) is 0 Å². The van der Waals surface area contributed by atoms with Crippen molar-refractivity contribution in [1.82, 2.24) is 0 Å². The topological polar surface area (TPSA) is 79.2 Å². The summed E-state index contributed by atoms with van der Waals surface area (Å²) in [5.74, 6) is 0. The zero-order valence-electron chi connectivity index (χ0n) is 17.9. The van der Waals surface area contributed by atoms with Crippen molar-refractivity contribution in [2.75, 3.05) is 19.8 Å². The molecule has 0 bridgehead atoms. The van der Waals surface area contributed by atoms with Crippen LogP contribution in [-0.4, -0.2) is 59.6 Å². The molecule has 0 aromatic heterocycles. The first kappa shape index (κ1) is 25.6. The first-order valence-electron chi connectivity index (χ1n) is 11.5. The highest BCUT2D eigenvalue weighted by Gasteiger charge is 2.37. The molecule has 5 nitrogen and oxygen atoms in total. The van der Waals surface area contributed by atoms with E-state index in [1.807, 2.05) is 0 Å². The largest absolute Gasteiger partial charge is 0.388 e. The Morgan fingerprint density at radius 2 is 1.36 bits per heavy atom. The molecule has 0 radical (unpaired) electrons. The average Bonchev–Trinajstić information content (AvgIpc) is 2.70. The van der Waals surface area contributed by atoms with Crippen molar-refractivity contribution < 1.29 is 24.8 Å². The molecular formula is C23H44O5. The normalized spacial score (nSPS) is 25.6. The average molecular weight is 401 g/mol. The molecule has 3 N–H and O–H groups in total. The molecular weight excluding hydrogens is 356 g/mol. The van der Waals surface area contributed by atoms with Gasteiger partial charge in [-0.15, -0.1) is 0 Å². The lowest BCUT2D eigenvalue weighted by atomic mass is 10.0. The van der Waals surface area contributed by atoms with Crippen molar-refractivity contribution in [1.29, 1.82) is 0 Å². The van der Waals surface area contributed by atoms with E-state index in [-0.39, 0.29) is 13.2 Å². The van der Waals surface area contributed by atoms with Crippen LogP contribution >= 0.6 is 0 Å². The van der Waals surface area contributed by atoms with Crippen LogP contribution in [0.5, 0.6) is 0 Å². The van der Waals surface area contributed by atoms with Crippen LogP contribution in [0.1, 0.15) is 90.4 Å². The third-order valence-electron chi connectivity index (χ3n) is 5.44. The van der Waals surface area contributed by atoms with Crippen molar-refractivity contribution in [3.63, 3.8) is 0 Å². The number of rotatable bonds is 17. The second-order valence-corrected chi connectivity index (χ2v) is 8.08. The van der Waals surface area contributed by atoms with Gasteiger partial charge in [0.05, 0.1) is 13.2 Å². The fourth-order valence-corrected chi connectivity index (χ4v) is 3.49. The van der Waals surface area contributed by atoms with E-state index in [9.17, 15) is 15.3 Å². The van der Waals surface area contributed by atoms with Crippen LogP contribution in [0.2, 0.25) is 0 Å². The van der Waals surface area contributed by atoms with Gasteiger partial charge in [0.1, 0.15) is 24.4 Å². The summed E-state index contributed by atoms with van der Waals surface area (Å²) in [6, 6.07) is 0. The zero-order chi connectivity index (χ0) is 20.5. The van der Waals surface area contributed by atoms with Crippen LogP contribution in [0, 0.1) is 0 Å². The Morgan fingerprint density at radius 1 is 0.786 bits per heavy atom. The molecule has 1 fully saturated rings. The van der Waals surface area contributed by atoms with Gasteiger partial charge in [0.15, 0.2) is 0 Å². The van der Waals surface area contributed by atoms with Crippen molar-refractivity contribution in [2.24, 2.45) is 0 Å². The molecule has 28 heavy (non-hydrogen) atoms. The summed E-state index contributed by atoms with van der Waals surface area (Å²) >= 11 is 0. The predicted molar refractivity (Wildman–Crippen MR) is 113 cm³/mol. The predicted octanol–water partition coefficient (Wildman–Crippen LogP) is 4.13. The molecule has 1 aliphatic rings. The van der Waals surface area contributed by atoms with Gasteiger partial charge in [0.25, 0.3) is 0 Å². The van der Waals surface area contributed by atoms with E-state index < -0.39 is 24.4 Å². The Bertz CT molecular complexity index is 374. The molecule has 1 rings (SSSR count). The summed E-state index contributed by atoms with van der Waals surface area (Å²) in [5, 5.41) is 28.9. The molecule has 5 heteroatoms. The Labute approximate surface area is 172 Å². The molecule has 4 atom stereocenters. The van der Waals surface area contributed by atoms with Crippen LogP contribution < -0.4 is 0 Å². The molecule has 0 saturated carbocycles. The van der Waals surface area contributed by atoms with Crippen molar-refractivity contribution in [3.8, 4) is 0 Å². The van der Waals surface area contributed by atoms with Crippen molar-refractivity contribution in [2.45, 2.75) is 115 Å². The maximum atomic E-state index is 9.82. The van der Waals surface area contributed by atoms with E-state index in [0.717, 1.165) is 12.8 Å². The maximum absolute atomic E-state index is 9.82. The van der Waals surface area contributed by atoms with E-state index in [0.29, 0.717) is 6.61 Å². The monoisotopic (exact) mass is 400 g/mol. The second kappa shape index (κ2) is 17.4. The van der Waals surface area contributed by atoms with Gasteiger partial charge in [-0.1, -0.05) is 70.4 Å². The van der Waals surface area contributed by atoms with Gasteiger partial charge in [-0.25, -0.2) is 0 Å². The molecule has 1 aliphatic heterocycles. The molecule has 0 aromatic rings. The fourth-order valence-electron chi connectivity index (χ4n) is 3.49. The van der Waals surface area contributed by atoms with Crippen molar-refractivity contribution in [3.05, 3.63) is 12.2 Å². The molecule has 166 valence electrons. The van der Waals surface area contributed by atoms with Crippen LogP contribution in [0.15, 0.2) is 12.2 Å². The number of unbranched alkanes of at least 4 members (excludes halogenated alkanes) is 11. The Morgan fingerprint density at radius 3 is 2.00 bits per heavy atom. The summed E-state index contributed by atoms with van der Waals surface area (Å²) in [5.41, 5.74) is 0. The van der Waals surface area contributed by atoms with Gasteiger partial charge in [-0.05, 0) is 32.1 Å². The molecule has 0 amide bonds. The van der Waals surface area contributed by atoms with E-state index in [2.05, 4.69) is 19.1 Å². The lowest BCUT2D eigenvalue weighted by molar-refractivity contribution is -0.199. The highest BCUT2D eigenvalue weighted by molar-refractivity contribution is 4.86. The zero-order valence-corrected chi connectivity index (χ0v) is 17.9. The van der Waals surface area contributed by atoms with Crippen LogP contribution in [0.3, 0.4) is 0 Å². The number of aliphatic hydroxyl groups is 3. The fraction of sp³-hybridized carbons (Fsp3) is 0.913. The molecule has 0 unspecified atom stereocenters. The van der Waals surface area contributed by atoms with E-state index in [1.54, 1.807) is 0 Å². The van der Waals surface area contributed by atoms with Gasteiger partial charge in [-0.2, -0.15) is 0 Å².